The van der Waals surface area contributed by atoms with Gasteiger partial charge in [0.1, 0.15) is 12.0 Å². The number of anilines is 1. The van der Waals surface area contributed by atoms with Crippen molar-refractivity contribution in [2.24, 2.45) is 11.8 Å². The summed E-state index contributed by atoms with van der Waals surface area (Å²) >= 11 is 0. The number of phenolic OH excluding ortho intramolecular Hbond substituents is 1. The lowest BCUT2D eigenvalue weighted by Crippen LogP contribution is -2.78. The highest BCUT2D eigenvalue weighted by Crippen LogP contribution is 2.65. The van der Waals surface area contributed by atoms with Crippen molar-refractivity contribution in [2.75, 3.05) is 18.4 Å². The fourth-order valence-corrected chi connectivity index (χ4v) is 7.43. The number of likely N-dealkylation sites (tertiary alicyclic amines) is 1. The Bertz CT molecular complexity index is 1360. The number of hydrogen-bond acceptors (Lipinski definition) is 7. The maximum absolute atomic E-state index is 13.9. The molecule has 8 heteroatoms. The number of amides is 1. The van der Waals surface area contributed by atoms with Crippen LogP contribution in [-0.4, -0.2) is 57.6 Å². The number of nitrogens with one attached hydrogen (secondary N) is 1. The molecule has 2 saturated carbocycles. The second-order valence-corrected chi connectivity index (χ2v) is 11.1. The van der Waals surface area contributed by atoms with Crippen LogP contribution in [-0.2, 0) is 21.4 Å². The van der Waals surface area contributed by atoms with Gasteiger partial charge in [0, 0.05) is 18.2 Å². The first-order chi connectivity index (χ1) is 17.4. The minimum absolute atomic E-state index is 0.0212. The van der Waals surface area contributed by atoms with Gasteiger partial charge in [-0.05, 0) is 68.3 Å². The number of aliphatic hydroxyl groups is 1. The van der Waals surface area contributed by atoms with E-state index in [9.17, 15) is 25.1 Å². The van der Waals surface area contributed by atoms with Gasteiger partial charge in [0.15, 0.2) is 23.4 Å². The van der Waals surface area contributed by atoms with E-state index in [2.05, 4.69) is 16.3 Å². The first kappa shape index (κ1) is 21.8. The Morgan fingerprint density at radius 3 is 2.83 bits per heavy atom. The molecule has 1 saturated heterocycles. The zero-order valence-electron chi connectivity index (χ0n) is 19.7. The summed E-state index contributed by atoms with van der Waals surface area (Å²) in [4.78, 5) is 29.8. The second kappa shape index (κ2) is 7.31. The van der Waals surface area contributed by atoms with Crippen LogP contribution in [0.5, 0.6) is 11.5 Å². The van der Waals surface area contributed by atoms with Gasteiger partial charge < -0.3 is 20.3 Å². The molecule has 2 aromatic carbocycles. The monoisotopic (exact) mass is 485 g/mol. The van der Waals surface area contributed by atoms with E-state index in [-0.39, 0.29) is 29.7 Å². The number of rotatable bonds is 4. The van der Waals surface area contributed by atoms with E-state index in [1.54, 1.807) is 30.3 Å². The fraction of sp³-hybridized carbons (Fsp3) is 0.464. The van der Waals surface area contributed by atoms with Crippen LogP contribution in [0.2, 0.25) is 0 Å². The number of Topliss-reactive ketones (excluding diaryl/α,β-unsaturated/α-hetero) is 1. The van der Waals surface area contributed by atoms with Crippen LogP contribution in [0.15, 0.2) is 36.4 Å². The number of piperidine rings is 1. The molecule has 1 amide bonds. The quantitative estimate of drug-likeness (QED) is 0.568. The van der Waals surface area contributed by atoms with E-state index < -0.39 is 28.9 Å². The zero-order valence-corrected chi connectivity index (χ0v) is 19.7. The molecule has 7 rings (SSSR count). The lowest BCUT2D eigenvalue weighted by molar-refractivity contribution is -0.197. The fourth-order valence-electron chi connectivity index (χ4n) is 7.43. The molecule has 184 valence electrons. The van der Waals surface area contributed by atoms with Crippen molar-refractivity contribution in [3.63, 3.8) is 0 Å². The first-order valence-electron chi connectivity index (χ1n) is 12.7. The summed E-state index contributed by atoms with van der Waals surface area (Å²) in [6, 6.07) is 11.9. The summed E-state index contributed by atoms with van der Waals surface area (Å²) in [6.07, 6.45) is 2.41. The number of phenols is 1. The van der Waals surface area contributed by atoms with Crippen molar-refractivity contribution in [2.45, 2.75) is 55.3 Å². The van der Waals surface area contributed by atoms with Crippen LogP contribution in [0.3, 0.4) is 0 Å². The number of para-hydroxylation sites is 1. The number of ether oxygens (including phenoxy) is 1. The van der Waals surface area contributed by atoms with Gasteiger partial charge in [0.2, 0.25) is 5.91 Å². The predicted octanol–water partition coefficient (Wildman–Crippen LogP) is 2.26. The van der Waals surface area contributed by atoms with Crippen molar-refractivity contribution in [3.05, 3.63) is 53.1 Å². The number of benzene rings is 2. The van der Waals surface area contributed by atoms with Crippen LogP contribution in [0.25, 0.3) is 0 Å². The van der Waals surface area contributed by atoms with Gasteiger partial charge in [-0.3, -0.25) is 14.5 Å². The van der Waals surface area contributed by atoms with Crippen molar-refractivity contribution >= 4 is 17.4 Å². The van der Waals surface area contributed by atoms with Crippen molar-refractivity contribution in [1.29, 1.82) is 5.26 Å². The van der Waals surface area contributed by atoms with E-state index >= 15 is 0 Å². The van der Waals surface area contributed by atoms with Gasteiger partial charge in [-0.15, -0.1) is 0 Å². The molecular weight excluding hydrogens is 458 g/mol. The third-order valence-corrected chi connectivity index (χ3v) is 9.25. The standard InChI is InChI=1S/C28H27N3O5/c29-13-17-3-1-2-4-19(17)30-26(34)18-12-28(35)21-11-16-7-8-20(32)24-22(16)27(28,25(36-24)23(18)33)9-10-31(21)14-15-5-6-15/h1-4,7-8,15,18,21,25,32,35H,5-6,9-12,14H2,(H,30,34)/t18?,21-,25+,27+,28-/m1/s1. The molecule has 8 nitrogen and oxygen atoms in total. The molecule has 3 aliphatic carbocycles. The van der Waals surface area contributed by atoms with Gasteiger partial charge in [0.25, 0.3) is 0 Å². The van der Waals surface area contributed by atoms with E-state index in [4.69, 9.17) is 4.74 Å². The van der Waals surface area contributed by atoms with E-state index in [1.165, 1.54) is 12.8 Å². The van der Waals surface area contributed by atoms with Crippen LogP contribution >= 0.6 is 0 Å². The molecule has 2 aromatic rings. The number of hydrogen-bond donors (Lipinski definition) is 3. The topological polar surface area (TPSA) is 123 Å². The lowest BCUT2D eigenvalue weighted by atomic mass is 9.47. The Morgan fingerprint density at radius 2 is 2.06 bits per heavy atom. The van der Waals surface area contributed by atoms with Gasteiger partial charge in [-0.25, -0.2) is 0 Å². The molecule has 1 unspecified atom stereocenters. The Balaban J connectivity index is 1.32. The van der Waals surface area contributed by atoms with Crippen molar-refractivity contribution in [1.82, 2.24) is 4.90 Å². The molecule has 0 radical (unpaired) electrons. The largest absolute Gasteiger partial charge is 0.504 e. The van der Waals surface area contributed by atoms with Crippen LogP contribution in [0.4, 0.5) is 5.69 Å². The maximum atomic E-state index is 13.9. The molecule has 1 spiro atoms. The molecule has 5 aliphatic rings. The number of ketones is 1. The number of nitriles is 1. The number of nitrogens with zero attached hydrogens (tertiary/aromatic N) is 2. The van der Waals surface area contributed by atoms with Crippen molar-refractivity contribution < 1.29 is 24.5 Å². The number of carbonyl (C=O) groups is 2. The van der Waals surface area contributed by atoms with Crippen molar-refractivity contribution in [3.8, 4) is 17.6 Å². The highest BCUT2D eigenvalue weighted by Gasteiger charge is 2.75. The minimum Gasteiger partial charge on any atom is -0.504 e. The molecule has 36 heavy (non-hydrogen) atoms. The SMILES string of the molecule is N#Cc1ccccc1NC(=O)C1C[C@@]2(O)[C@H]3Cc4ccc(O)c5c4[C@@]2(CCN3CC2CC2)[C@@H](O5)C1=O. The Kier molecular flexibility index (Phi) is 4.43. The summed E-state index contributed by atoms with van der Waals surface area (Å²) in [5.41, 5.74) is 0.0195. The van der Waals surface area contributed by atoms with Gasteiger partial charge >= 0.3 is 0 Å². The molecule has 2 aliphatic heterocycles. The average Bonchev–Trinajstić information content (AvgIpc) is 3.61. The Hall–Kier alpha value is -3.41. The maximum Gasteiger partial charge on any atom is 0.235 e. The third-order valence-electron chi connectivity index (χ3n) is 9.25. The molecule has 0 aromatic heterocycles. The van der Waals surface area contributed by atoms with Gasteiger partial charge in [-0.1, -0.05) is 18.2 Å². The minimum atomic E-state index is -1.37. The van der Waals surface area contributed by atoms with Crippen LogP contribution in [0, 0.1) is 23.2 Å². The van der Waals surface area contributed by atoms with Gasteiger partial charge in [0.05, 0.1) is 22.3 Å². The van der Waals surface area contributed by atoms with Crippen LogP contribution in [0.1, 0.15) is 42.4 Å². The summed E-state index contributed by atoms with van der Waals surface area (Å²) < 4.78 is 6.18. The summed E-state index contributed by atoms with van der Waals surface area (Å²) in [7, 11) is 0. The third kappa shape index (κ3) is 2.70. The Labute approximate surface area is 208 Å². The van der Waals surface area contributed by atoms with E-state index in [0.29, 0.717) is 30.0 Å². The lowest BCUT2D eigenvalue weighted by Gasteiger charge is -2.63. The number of aromatic hydroxyl groups is 1. The highest BCUT2D eigenvalue weighted by molar-refractivity contribution is 6.11. The summed E-state index contributed by atoms with van der Waals surface area (Å²) in [5.74, 6) is -1.22. The molecule has 3 fully saturated rings. The summed E-state index contributed by atoms with van der Waals surface area (Å²) in [5, 5.41) is 35.5. The normalized spacial score (nSPS) is 33.9. The first-order valence-corrected chi connectivity index (χ1v) is 12.7. The van der Waals surface area contributed by atoms with Gasteiger partial charge in [-0.2, -0.15) is 5.26 Å². The average molecular weight is 486 g/mol. The van der Waals surface area contributed by atoms with E-state index in [1.807, 2.05) is 6.07 Å². The highest BCUT2D eigenvalue weighted by atomic mass is 16.5. The molecule has 2 bridgehead atoms. The molecule has 3 N–H and O–H groups in total. The second-order valence-electron chi connectivity index (χ2n) is 11.1. The molecule has 2 heterocycles. The number of carbonyl (C=O) groups excluding carboxylic acids is 2. The molecule has 5 atom stereocenters. The summed E-state index contributed by atoms with van der Waals surface area (Å²) in [6.45, 7) is 1.63. The van der Waals surface area contributed by atoms with Crippen LogP contribution < -0.4 is 10.1 Å². The predicted molar refractivity (Wildman–Crippen MR) is 128 cm³/mol. The molecular formula is C28H27N3O5. The smallest absolute Gasteiger partial charge is 0.235 e. The zero-order chi connectivity index (χ0) is 24.8. The van der Waals surface area contributed by atoms with E-state index in [0.717, 1.165) is 24.2 Å². The Morgan fingerprint density at radius 1 is 1.25 bits per heavy atom.